The van der Waals surface area contributed by atoms with E-state index in [1.165, 1.54) is 12.8 Å². The van der Waals surface area contributed by atoms with E-state index in [0.29, 0.717) is 28.2 Å². The molecule has 1 aliphatic heterocycles. The van der Waals surface area contributed by atoms with Gasteiger partial charge in [0, 0.05) is 53.2 Å². The third kappa shape index (κ3) is 7.62. The highest BCUT2D eigenvalue weighted by atomic mass is 35.5. The number of benzene rings is 2. The number of hydrogen-bond acceptors (Lipinski definition) is 3. The first-order chi connectivity index (χ1) is 17.7. The molecule has 1 amide bonds. The van der Waals surface area contributed by atoms with Gasteiger partial charge in [0.05, 0.1) is 6.04 Å². The average molecular weight is 545 g/mol. The second-order valence-electron chi connectivity index (χ2n) is 10.9. The SMILES string of the molecule is CC1CCC(N=C(Nc2ccc(C(CC(N)=O)c3ccc(Cl)cc3Cl)cc2)N2CC(C)NC(C)C2)CC1. The van der Waals surface area contributed by atoms with Crippen molar-refractivity contribution in [3.63, 3.8) is 0 Å². The molecule has 8 heteroatoms. The molecule has 1 saturated carbocycles. The molecule has 1 aliphatic carbocycles. The Morgan fingerprint density at radius 3 is 2.30 bits per heavy atom. The minimum Gasteiger partial charge on any atom is -0.370 e. The Kier molecular flexibility index (Phi) is 9.38. The highest BCUT2D eigenvalue weighted by Gasteiger charge is 2.26. The quantitative estimate of drug-likeness (QED) is 0.306. The van der Waals surface area contributed by atoms with Crippen molar-refractivity contribution >= 4 is 40.8 Å². The van der Waals surface area contributed by atoms with E-state index in [0.717, 1.165) is 54.6 Å². The molecule has 6 nitrogen and oxygen atoms in total. The number of guanidine groups is 1. The van der Waals surface area contributed by atoms with Crippen molar-refractivity contribution in [3.8, 4) is 0 Å². The van der Waals surface area contributed by atoms with Crippen molar-refractivity contribution in [1.82, 2.24) is 10.2 Å². The molecule has 1 heterocycles. The normalized spacial score (nSPS) is 25.5. The summed E-state index contributed by atoms with van der Waals surface area (Å²) in [6.45, 7) is 8.60. The molecule has 1 saturated heterocycles. The Balaban J connectivity index is 1.58. The second kappa shape index (κ2) is 12.5. The number of hydrogen-bond donors (Lipinski definition) is 3. The average Bonchev–Trinajstić information content (AvgIpc) is 2.84. The van der Waals surface area contributed by atoms with Gasteiger partial charge in [-0.3, -0.25) is 4.79 Å². The minimum absolute atomic E-state index is 0.164. The van der Waals surface area contributed by atoms with Crippen molar-refractivity contribution in [2.45, 2.75) is 76.9 Å². The lowest BCUT2D eigenvalue weighted by Gasteiger charge is -2.38. The van der Waals surface area contributed by atoms with Crippen LogP contribution in [0.4, 0.5) is 5.69 Å². The van der Waals surface area contributed by atoms with E-state index in [4.69, 9.17) is 33.9 Å². The third-order valence-electron chi connectivity index (χ3n) is 7.46. The van der Waals surface area contributed by atoms with Gasteiger partial charge in [-0.1, -0.05) is 48.3 Å². The number of aliphatic imine (C=N–C) groups is 1. The van der Waals surface area contributed by atoms with Crippen molar-refractivity contribution in [2.75, 3.05) is 18.4 Å². The van der Waals surface area contributed by atoms with Crippen LogP contribution < -0.4 is 16.4 Å². The zero-order valence-electron chi connectivity index (χ0n) is 22.0. The molecule has 3 unspecified atom stereocenters. The number of nitrogens with zero attached hydrogens (tertiary/aromatic N) is 2. The van der Waals surface area contributed by atoms with E-state index >= 15 is 0 Å². The van der Waals surface area contributed by atoms with E-state index < -0.39 is 0 Å². The number of nitrogens with two attached hydrogens (primary N) is 1. The lowest BCUT2D eigenvalue weighted by Crippen LogP contribution is -2.57. The molecule has 200 valence electrons. The van der Waals surface area contributed by atoms with Crippen LogP contribution in [0.25, 0.3) is 0 Å². The van der Waals surface area contributed by atoms with E-state index in [9.17, 15) is 4.79 Å². The Morgan fingerprint density at radius 1 is 1.05 bits per heavy atom. The van der Waals surface area contributed by atoms with Crippen LogP contribution in [0.1, 0.15) is 69.9 Å². The zero-order valence-corrected chi connectivity index (χ0v) is 23.5. The Labute approximate surface area is 231 Å². The van der Waals surface area contributed by atoms with Gasteiger partial charge < -0.3 is 21.3 Å². The number of rotatable bonds is 6. The molecule has 0 spiro atoms. The van der Waals surface area contributed by atoms with Gasteiger partial charge in [0.25, 0.3) is 0 Å². The zero-order chi connectivity index (χ0) is 26.5. The largest absolute Gasteiger partial charge is 0.370 e. The maximum Gasteiger partial charge on any atom is 0.218 e. The van der Waals surface area contributed by atoms with Crippen molar-refractivity contribution in [3.05, 3.63) is 63.6 Å². The molecular formula is C29H39Cl2N5O. The fraction of sp³-hybridized carbons (Fsp3) is 0.517. The topological polar surface area (TPSA) is 82.7 Å². The molecule has 2 fully saturated rings. The molecule has 0 aromatic heterocycles. The molecule has 2 aromatic carbocycles. The lowest BCUT2D eigenvalue weighted by atomic mass is 9.88. The number of nitrogens with one attached hydrogen (secondary N) is 2. The Morgan fingerprint density at radius 2 is 1.70 bits per heavy atom. The molecule has 3 atom stereocenters. The van der Waals surface area contributed by atoms with E-state index in [-0.39, 0.29) is 18.2 Å². The maximum atomic E-state index is 11.9. The highest BCUT2D eigenvalue weighted by molar-refractivity contribution is 6.35. The first-order valence-electron chi connectivity index (χ1n) is 13.4. The van der Waals surface area contributed by atoms with Crippen LogP contribution in [0.3, 0.4) is 0 Å². The second-order valence-corrected chi connectivity index (χ2v) is 11.7. The van der Waals surface area contributed by atoms with Gasteiger partial charge in [-0.05, 0) is 80.8 Å². The summed E-state index contributed by atoms with van der Waals surface area (Å²) in [7, 11) is 0. The number of primary amides is 1. The van der Waals surface area contributed by atoms with Gasteiger partial charge in [0.1, 0.15) is 0 Å². The lowest BCUT2D eigenvalue weighted by molar-refractivity contribution is -0.118. The van der Waals surface area contributed by atoms with Gasteiger partial charge in [-0.2, -0.15) is 0 Å². The molecule has 2 aliphatic rings. The predicted octanol–water partition coefficient (Wildman–Crippen LogP) is 6.03. The van der Waals surface area contributed by atoms with Crippen LogP contribution in [0.5, 0.6) is 0 Å². The van der Waals surface area contributed by atoms with Crippen LogP contribution in [0.2, 0.25) is 10.0 Å². The van der Waals surface area contributed by atoms with E-state index in [1.807, 2.05) is 30.3 Å². The summed E-state index contributed by atoms with van der Waals surface area (Å²) in [5, 5.41) is 8.33. The molecular weight excluding hydrogens is 505 g/mol. The first-order valence-corrected chi connectivity index (χ1v) is 14.1. The van der Waals surface area contributed by atoms with Gasteiger partial charge >= 0.3 is 0 Å². The minimum atomic E-state index is -0.378. The van der Waals surface area contributed by atoms with Crippen LogP contribution in [-0.4, -0.2) is 48.0 Å². The summed E-state index contributed by atoms with van der Waals surface area (Å²) >= 11 is 12.6. The predicted molar refractivity (Wildman–Crippen MR) is 155 cm³/mol. The molecule has 4 N–H and O–H groups in total. The van der Waals surface area contributed by atoms with Crippen molar-refractivity contribution in [1.29, 1.82) is 0 Å². The van der Waals surface area contributed by atoms with E-state index in [2.05, 4.69) is 36.3 Å². The summed E-state index contributed by atoms with van der Waals surface area (Å²) in [5.74, 6) is 1.11. The van der Waals surface area contributed by atoms with Crippen LogP contribution in [0.15, 0.2) is 47.5 Å². The molecule has 0 bridgehead atoms. The van der Waals surface area contributed by atoms with Crippen LogP contribution in [0, 0.1) is 5.92 Å². The number of anilines is 1. The Bertz CT molecular complexity index is 1090. The van der Waals surface area contributed by atoms with Crippen LogP contribution in [-0.2, 0) is 4.79 Å². The smallest absolute Gasteiger partial charge is 0.218 e. The summed E-state index contributed by atoms with van der Waals surface area (Å²) in [5.41, 5.74) is 8.37. The number of amides is 1. The highest BCUT2D eigenvalue weighted by Crippen LogP contribution is 2.35. The number of halogens is 2. The van der Waals surface area contributed by atoms with Crippen molar-refractivity contribution in [2.24, 2.45) is 16.6 Å². The molecule has 0 radical (unpaired) electrons. The van der Waals surface area contributed by atoms with Crippen LogP contribution >= 0.6 is 23.2 Å². The molecule has 2 aromatic rings. The summed E-state index contributed by atoms with van der Waals surface area (Å²) < 4.78 is 0. The van der Waals surface area contributed by atoms with Gasteiger partial charge in [-0.25, -0.2) is 4.99 Å². The third-order valence-corrected chi connectivity index (χ3v) is 8.02. The van der Waals surface area contributed by atoms with Gasteiger partial charge in [-0.15, -0.1) is 0 Å². The molecule has 4 rings (SSSR count). The first kappa shape index (κ1) is 27.7. The fourth-order valence-electron chi connectivity index (χ4n) is 5.56. The monoisotopic (exact) mass is 543 g/mol. The fourth-order valence-corrected chi connectivity index (χ4v) is 6.10. The van der Waals surface area contributed by atoms with Gasteiger partial charge in [0.2, 0.25) is 5.91 Å². The van der Waals surface area contributed by atoms with E-state index in [1.54, 1.807) is 12.1 Å². The number of carbonyl (C=O) groups excluding carboxylic acids is 1. The summed E-state index contributed by atoms with van der Waals surface area (Å²) in [4.78, 5) is 19.5. The Hall–Kier alpha value is -2.28. The summed E-state index contributed by atoms with van der Waals surface area (Å²) in [6.07, 6.45) is 4.91. The summed E-state index contributed by atoms with van der Waals surface area (Å²) in [6, 6.07) is 14.6. The van der Waals surface area contributed by atoms with Crippen molar-refractivity contribution < 1.29 is 4.79 Å². The maximum absolute atomic E-state index is 11.9. The van der Waals surface area contributed by atoms with Gasteiger partial charge in [0.15, 0.2) is 5.96 Å². The number of carbonyl (C=O) groups is 1. The number of piperazine rings is 1. The molecule has 37 heavy (non-hydrogen) atoms. The standard InChI is InChI=1S/C29H39Cl2N5O/c1-18-4-9-23(10-5-18)34-29(36-16-19(2)33-20(3)17-36)35-24-11-6-21(7-12-24)26(15-28(32)37)25-13-8-22(30)14-27(25)31/h6-8,11-14,18-20,23,26,33H,4-5,9-10,15-17H2,1-3H3,(H2,32,37)(H,34,35).